The number of rotatable bonds is 7. The standard InChI is InChI=1S/C18H21N3O3/c1-2-3-6-20-18(22)14-8-15(11-19-10-14)21-9-13-4-5-16-17(7-13)24-12-23-16/h4-5,7-8,10-11,21H,2-3,6,9,12H2,1H3,(H,20,22). The van der Waals surface area contributed by atoms with Crippen molar-refractivity contribution in [2.75, 3.05) is 18.7 Å². The molecule has 0 aliphatic carbocycles. The van der Waals surface area contributed by atoms with Crippen LogP contribution in [0.4, 0.5) is 5.69 Å². The number of carbonyl (C=O) groups is 1. The molecule has 2 heterocycles. The molecule has 0 atom stereocenters. The van der Waals surface area contributed by atoms with Gasteiger partial charge in [-0.1, -0.05) is 19.4 Å². The van der Waals surface area contributed by atoms with Crippen LogP contribution in [-0.4, -0.2) is 24.2 Å². The van der Waals surface area contributed by atoms with Gasteiger partial charge in [0.15, 0.2) is 11.5 Å². The Hall–Kier alpha value is -2.76. The van der Waals surface area contributed by atoms with Crippen molar-refractivity contribution in [3.63, 3.8) is 0 Å². The van der Waals surface area contributed by atoms with E-state index in [1.165, 1.54) is 0 Å². The molecule has 1 aromatic heterocycles. The summed E-state index contributed by atoms with van der Waals surface area (Å²) in [4.78, 5) is 16.2. The van der Waals surface area contributed by atoms with E-state index in [2.05, 4.69) is 22.5 Å². The Kier molecular flexibility index (Phi) is 5.15. The lowest BCUT2D eigenvalue weighted by Crippen LogP contribution is -2.24. The van der Waals surface area contributed by atoms with Gasteiger partial charge in [0.25, 0.3) is 5.91 Å². The van der Waals surface area contributed by atoms with Gasteiger partial charge in [-0.2, -0.15) is 0 Å². The Morgan fingerprint density at radius 1 is 1.21 bits per heavy atom. The molecule has 1 amide bonds. The second kappa shape index (κ2) is 7.68. The largest absolute Gasteiger partial charge is 0.454 e. The molecule has 0 saturated heterocycles. The predicted octanol–water partition coefficient (Wildman–Crippen LogP) is 2.95. The number of carbonyl (C=O) groups excluding carboxylic acids is 1. The summed E-state index contributed by atoms with van der Waals surface area (Å²) in [5.41, 5.74) is 2.43. The molecule has 1 aliphatic rings. The van der Waals surface area contributed by atoms with Gasteiger partial charge in [-0.05, 0) is 30.2 Å². The van der Waals surface area contributed by atoms with Crippen LogP contribution in [0.3, 0.4) is 0 Å². The Bertz CT molecular complexity index is 718. The van der Waals surface area contributed by atoms with Crippen molar-refractivity contribution in [3.8, 4) is 11.5 Å². The molecule has 6 heteroatoms. The smallest absolute Gasteiger partial charge is 0.252 e. The van der Waals surface area contributed by atoms with Crippen molar-refractivity contribution < 1.29 is 14.3 Å². The molecule has 6 nitrogen and oxygen atoms in total. The molecule has 2 aromatic rings. The first-order valence-corrected chi connectivity index (χ1v) is 8.12. The molecular formula is C18H21N3O3. The lowest BCUT2D eigenvalue weighted by Gasteiger charge is -2.09. The van der Waals surface area contributed by atoms with Gasteiger partial charge in [0.05, 0.1) is 11.3 Å². The van der Waals surface area contributed by atoms with Crippen LogP contribution >= 0.6 is 0 Å². The zero-order valence-electron chi connectivity index (χ0n) is 13.7. The number of anilines is 1. The number of ether oxygens (including phenoxy) is 2. The molecule has 0 spiro atoms. The van der Waals surface area contributed by atoms with Gasteiger partial charge >= 0.3 is 0 Å². The summed E-state index contributed by atoms with van der Waals surface area (Å²) in [7, 11) is 0. The first-order valence-electron chi connectivity index (χ1n) is 8.12. The van der Waals surface area contributed by atoms with Crippen LogP contribution in [0.1, 0.15) is 35.7 Å². The highest BCUT2D eigenvalue weighted by Crippen LogP contribution is 2.32. The van der Waals surface area contributed by atoms with E-state index in [0.717, 1.165) is 35.6 Å². The lowest BCUT2D eigenvalue weighted by molar-refractivity contribution is 0.0953. The van der Waals surface area contributed by atoms with Crippen LogP contribution < -0.4 is 20.1 Å². The molecule has 0 bridgehead atoms. The molecule has 0 radical (unpaired) electrons. The summed E-state index contributed by atoms with van der Waals surface area (Å²) in [6.07, 6.45) is 5.31. The number of amides is 1. The van der Waals surface area contributed by atoms with Gasteiger partial charge < -0.3 is 20.1 Å². The van der Waals surface area contributed by atoms with Crippen LogP contribution in [0.25, 0.3) is 0 Å². The van der Waals surface area contributed by atoms with E-state index in [9.17, 15) is 4.79 Å². The van der Waals surface area contributed by atoms with E-state index in [1.807, 2.05) is 18.2 Å². The number of hydrogen-bond acceptors (Lipinski definition) is 5. The number of aromatic nitrogens is 1. The average molecular weight is 327 g/mol. The number of unbranched alkanes of at least 4 members (excludes halogenated alkanes) is 1. The monoisotopic (exact) mass is 327 g/mol. The van der Waals surface area contributed by atoms with Gasteiger partial charge in [0.2, 0.25) is 6.79 Å². The minimum atomic E-state index is -0.0947. The average Bonchev–Trinajstić information content (AvgIpc) is 3.08. The Morgan fingerprint density at radius 2 is 2.08 bits per heavy atom. The van der Waals surface area contributed by atoms with Crippen molar-refractivity contribution in [2.45, 2.75) is 26.3 Å². The van der Waals surface area contributed by atoms with Crippen molar-refractivity contribution in [1.29, 1.82) is 0 Å². The van der Waals surface area contributed by atoms with Crippen LogP contribution in [0, 0.1) is 0 Å². The van der Waals surface area contributed by atoms with Crippen LogP contribution in [-0.2, 0) is 6.54 Å². The number of nitrogens with one attached hydrogen (secondary N) is 2. The third-order valence-electron chi connectivity index (χ3n) is 3.75. The van der Waals surface area contributed by atoms with E-state index < -0.39 is 0 Å². The Labute approximate surface area is 141 Å². The van der Waals surface area contributed by atoms with E-state index in [0.29, 0.717) is 18.7 Å². The lowest BCUT2D eigenvalue weighted by atomic mass is 10.2. The van der Waals surface area contributed by atoms with Gasteiger partial charge in [-0.3, -0.25) is 9.78 Å². The summed E-state index contributed by atoms with van der Waals surface area (Å²) >= 11 is 0. The van der Waals surface area contributed by atoms with E-state index in [4.69, 9.17) is 9.47 Å². The SMILES string of the molecule is CCCCNC(=O)c1cncc(NCc2ccc3c(c2)OCO3)c1. The number of nitrogens with zero attached hydrogens (tertiary/aromatic N) is 1. The van der Waals surface area contributed by atoms with Crippen molar-refractivity contribution in [2.24, 2.45) is 0 Å². The molecule has 1 aliphatic heterocycles. The predicted molar refractivity (Wildman–Crippen MR) is 91.4 cm³/mol. The maximum atomic E-state index is 12.1. The number of benzene rings is 1. The van der Waals surface area contributed by atoms with Crippen molar-refractivity contribution in [1.82, 2.24) is 10.3 Å². The third-order valence-corrected chi connectivity index (χ3v) is 3.75. The third kappa shape index (κ3) is 3.95. The van der Waals surface area contributed by atoms with Gasteiger partial charge in [-0.25, -0.2) is 0 Å². The normalized spacial score (nSPS) is 12.0. The van der Waals surface area contributed by atoms with Crippen molar-refractivity contribution in [3.05, 3.63) is 47.8 Å². The Balaban J connectivity index is 1.59. The molecule has 24 heavy (non-hydrogen) atoms. The van der Waals surface area contributed by atoms with Gasteiger partial charge in [0, 0.05) is 25.5 Å². The number of pyridine rings is 1. The fourth-order valence-corrected chi connectivity index (χ4v) is 2.40. The maximum Gasteiger partial charge on any atom is 0.252 e. The molecule has 0 unspecified atom stereocenters. The first-order chi connectivity index (χ1) is 11.8. The molecular weight excluding hydrogens is 306 g/mol. The Morgan fingerprint density at radius 3 is 2.96 bits per heavy atom. The molecule has 126 valence electrons. The molecule has 1 aromatic carbocycles. The van der Waals surface area contributed by atoms with Crippen LogP contribution in [0.5, 0.6) is 11.5 Å². The van der Waals surface area contributed by atoms with Crippen LogP contribution in [0.15, 0.2) is 36.7 Å². The van der Waals surface area contributed by atoms with E-state index in [-0.39, 0.29) is 12.7 Å². The minimum absolute atomic E-state index is 0.0947. The summed E-state index contributed by atoms with van der Waals surface area (Å²) in [5, 5.41) is 6.17. The minimum Gasteiger partial charge on any atom is -0.454 e. The topological polar surface area (TPSA) is 72.5 Å². The fraction of sp³-hybridized carbons (Fsp3) is 0.333. The molecule has 0 saturated carbocycles. The van der Waals surface area contributed by atoms with Gasteiger partial charge in [-0.15, -0.1) is 0 Å². The highest BCUT2D eigenvalue weighted by molar-refractivity contribution is 5.94. The van der Waals surface area contributed by atoms with E-state index in [1.54, 1.807) is 18.5 Å². The number of fused-ring (bicyclic) bond motifs is 1. The summed E-state index contributed by atoms with van der Waals surface area (Å²) in [6, 6.07) is 7.63. The quantitative estimate of drug-likeness (QED) is 0.765. The van der Waals surface area contributed by atoms with E-state index >= 15 is 0 Å². The molecule has 2 N–H and O–H groups in total. The second-order valence-corrected chi connectivity index (χ2v) is 5.61. The molecule has 3 rings (SSSR count). The van der Waals surface area contributed by atoms with Gasteiger partial charge in [0.1, 0.15) is 0 Å². The maximum absolute atomic E-state index is 12.1. The fourth-order valence-electron chi connectivity index (χ4n) is 2.40. The summed E-state index contributed by atoms with van der Waals surface area (Å²) in [6.45, 7) is 3.66. The molecule has 0 fully saturated rings. The summed E-state index contributed by atoms with van der Waals surface area (Å²) in [5.74, 6) is 1.44. The number of hydrogen-bond donors (Lipinski definition) is 2. The zero-order chi connectivity index (χ0) is 16.8. The highest BCUT2D eigenvalue weighted by Gasteiger charge is 2.13. The van der Waals surface area contributed by atoms with Crippen LogP contribution in [0.2, 0.25) is 0 Å². The van der Waals surface area contributed by atoms with Crippen molar-refractivity contribution >= 4 is 11.6 Å². The summed E-state index contributed by atoms with van der Waals surface area (Å²) < 4.78 is 10.7. The second-order valence-electron chi connectivity index (χ2n) is 5.61. The first kappa shape index (κ1) is 16.1. The highest BCUT2D eigenvalue weighted by atomic mass is 16.7. The zero-order valence-corrected chi connectivity index (χ0v) is 13.7.